The Labute approximate surface area is 144 Å². The SMILES string of the molecule is O=C(c1ccccc1)N1CCCC[C@H]1CNc1ncc(Br)cn1. The van der Waals surface area contributed by atoms with E-state index in [0.29, 0.717) is 12.5 Å². The van der Waals surface area contributed by atoms with Crippen LogP contribution in [-0.2, 0) is 0 Å². The van der Waals surface area contributed by atoms with E-state index in [1.54, 1.807) is 12.4 Å². The largest absolute Gasteiger partial charge is 0.352 e. The van der Waals surface area contributed by atoms with Gasteiger partial charge >= 0.3 is 0 Å². The maximum absolute atomic E-state index is 12.7. The fourth-order valence-corrected chi connectivity index (χ4v) is 3.04. The predicted octanol–water partition coefficient (Wildman–Crippen LogP) is 3.35. The van der Waals surface area contributed by atoms with Crippen LogP contribution in [0.3, 0.4) is 0 Å². The van der Waals surface area contributed by atoms with Gasteiger partial charge in [0.05, 0.1) is 4.47 Å². The van der Waals surface area contributed by atoms with Crippen LogP contribution >= 0.6 is 15.9 Å². The Morgan fingerprint density at radius 3 is 2.70 bits per heavy atom. The normalized spacial score (nSPS) is 17.8. The molecule has 0 spiro atoms. The highest BCUT2D eigenvalue weighted by molar-refractivity contribution is 9.10. The minimum Gasteiger partial charge on any atom is -0.352 e. The van der Waals surface area contributed by atoms with Gasteiger partial charge in [0.2, 0.25) is 5.95 Å². The maximum Gasteiger partial charge on any atom is 0.254 e. The standard InChI is InChI=1S/C17H19BrN4O/c18-14-10-19-17(20-11-14)21-12-15-8-4-5-9-22(15)16(23)13-6-2-1-3-7-13/h1-3,6-7,10-11,15H,4-5,8-9,12H2,(H,19,20,21)/t15-/m0/s1. The molecule has 1 fully saturated rings. The molecule has 1 atom stereocenters. The molecule has 2 heterocycles. The molecule has 0 unspecified atom stereocenters. The quantitative estimate of drug-likeness (QED) is 0.891. The summed E-state index contributed by atoms with van der Waals surface area (Å²) in [6.45, 7) is 1.47. The second kappa shape index (κ2) is 7.55. The number of amides is 1. The molecule has 6 heteroatoms. The molecule has 1 amide bonds. The second-order valence-corrected chi connectivity index (χ2v) is 6.54. The lowest BCUT2D eigenvalue weighted by Crippen LogP contribution is -2.47. The van der Waals surface area contributed by atoms with Crippen LogP contribution in [0.5, 0.6) is 0 Å². The highest BCUT2D eigenvalue weighted by Gasteiger charge is 2.27. The van der Waals surface area contributed by atoms with Crippen molar-refractivity contribution in [3.8, 4) is 0 Å². The zero-order valence-corrected chi connectivity index (χ0v) is 14.4. The number of benzene rings is 1. The third kappa shape index (κ3) is 4.07. The molecule has 0 aliphatic carbocycles. The molecule has 1 aliphatic heterocycles. The van der Waals surface area contributed by atoms with Crippen LogP contribution in [0.2, 0.25) is 0 Å². The van der Waals surface area contributed by atoms with E-state index < -0.39 is 0 Å². The minimum atomic E-state index is 0.105. The van der Waals surface area contributed by atoms with Crippen molar-refractivity contribution in [3.05, 3.63) is 52.8 Å². The molecule has 0 bridgehead atoms. The van der Waals surface area contributed by atoms with Gasteiger partial charge in [-0.1, -0.05) is 18.2 Å². The topological polar surface area (TPSA) is 58.1 Å². The molecule has 120 valence electrons. The minimum absolute atomic E-state index is 0.105. The van der Waals surface area contributed by atoms with Crippen LogP contribution in [0.1, 0.15) is 29.6 Å². The zero-order chi connectivity index (χ0) is 16.1. The van der Waals surface area contributed by atoms with Crippen LogP contribution in [0.4, 0.5) is 5.95 Å². The summed E-state index contributed by atoms with van der Waals surface area (Å²) in [6, 6.07) is 9.65. The zero-order valence-electron chi connectivity index (χ0n) is 12.8. The summed E-state index contributed by atoms with van der Waals surface area (Å²) >= 11 is 3.32. The summed E-state index contributed by atoms with van der Waals surface area (Å²) in [5.41, 5.74) is 0.749. The van der Waals surface area contributed by atoms with Gasteiger partial charge in [0.1, 0.15) is 0 Å². The molecule has 1 aliphatic rings. The van der Waals surface area contributed by atoms with E-state index in [2.05, 4.69) is 31.2 Å². The van der Waals surface area contributed by atoms with Gasteiger partial charge in [-0.2, -0.15) is 0 Å². The van der Waals surface area contributed by atoms with Crippen LogP contribution in [-0.4, -0.2) is 39.9 Å². The summed E-state index contributed by atoms with van der Waals surface area (Å²) in [7, 11) is 0. The number of likely N-dealkylation sites (tertiary alicyclic amines) is 1. The highest BCUT2D eigenvalue weighted by atomic mass is 79.9. The molecule has 0 radical (unpaired) electrons. The molecule has 23 heavy (non-hydrogen) atoms. The molecule has 1 aromatic heterocycles. The van der Waals surface area contributed by atoms with Gasteiger partial charge in [0.25, 0.3) is 5.91 Å². The van der Waals surface area contributed by atoms with Gasteiger partial charge in [-0.3, -0.25) is 4.79 Å². The summed E-state index contributed by atoms with van der Waals surface area (Å²) < 4.78 is 0.849. The monoisotopic (exact) mass is 374 g/mol. The van der Waals surface area contributed by atoms with Crippen molar-refractivity contribution in [1.29, 1.82) is 0 Å². The Balaban J connectivity index is 1.66. The second-order valence-electron chi connectivity index (χ2n) is 5.62. The van der Waals surface area contributed by atoms with Gasteiger partial charge in [-0.05, 0) is 47.3 Å². The first-order chi connectivity index (χ1) is 11.2. The van der Waals surface area contributed by atoms with Gasteiger partial charge in [-0.15, -0.1) is 0 Å². The first kappa shape index (κ1) is 15.9. The van der Waals surface area contributed by atoms with E-state index in [4.69, 9.17) is 0 Å². The Morgan fingerprint density at radius 1 is 1.22 bits per heavy atom. The third-order valence-electron chi connectivity index (χ3n) is 4.02. The van der Waals surface area contributed by atoms with Crippen LogP contribution in [0.15, 0.2) is 47.2 Å². The molecule has 1 saturated heterocycles. The predicted molar refractivity (Wildman–Crippen MR) is 93.3 cm³/mol. The van der Waals surface area contributed by atoms with Crippen LogP contribution in [0.25, 0.3) is 0 Å². The van der Waals surface area contributed by atoms with Crippen molar-refractivity contribution >= 4 is 27.8 Å². The van der Waals surface area contributed by atoms with Crippen molar-refractivity contribution in [2.75, 3.05) is 18.4 Å². The number of hydrogen-bond donors (Lipinski definition) is 1. The van der Waals surface area contributed by atoms with Gasteiger partial charge in [0, 0.05) is 37.1 Å². The molecule has 0 saturated carbocycles. The summed E-state index contributed by atoms with van der Waals surface area (Å²) in [6.07, 6.45) is 6.63. The fourth-order valence-electron chi connectivity index (χ4n) is 2.84. The maximum atomic E-state index is 12.7. The van der Waals surface area contributed by atoms with E-state index in [1.165, 1.54) is 0 Å². The van der Waals surface area contributed by atoms with Crippen molar-refractivity contribution < 1.29 is 4.79 Å². The average molecular weight is 375 g/mol. The Morgan fingerprint density at radius 2 is 1.96 bits per heavy atom. The number of halogens is 1. The smallest absolute Gasteiger partial charge is 0.254 e. The van der Waals surface area contributed by atoms with Crippen molar-refractivity contribution in [1.82, 2.24) is 14.9 Å². The number of piperidine rings is 1. The molecular weight excluding hydrogens is 356 g/mol. The van der Waals surface area contributed by atoms with E-state index in [0.717, 1.165) is 35.8 Å². The Hall–Kier alpha value is -1.95. The summed E-state index contributed by atoms with van der Waals surface area (Å²) in [5.74, 6) is 0.694. The van der Waals surface area contributed by atoms with Gasteiger partial charge < -0.3 is 10.2 Å². The molecule has 2 aromatic rings. The highest BCUT2D eigenvalue weighted by Crippen LogP contribution is 2.20. The van der Waals surface area contributed by atoms with Crippen molar-refractivity contribution in [3.63, 3.8) is 0 Å². The number of anilines is 1. The molecular formula is C17H19BrN4O. The molecule has 5 nitrogen and oxygen atoms in total. The first-order valence-corrected chi connectivity index (χ1v) is 8.61. The van der Waals surface area contributed by atoms with Gasteiger partial charge in [-0.25, -0.2) is 9.97 Å². The first-order valence-electron chi connectivity index (χ1n) is 7.81. The van der Waals surface area contributed by atoms with Crippen LogP contribution < -0.4 is 5.32 Å². The lowest BCUT2D eigenvalue weighted by atomic mass is 10.0. The van der Waals surface area contributed by atoms with E-state index in [9.17, 15) is 4.79 Å². The van der Waals surface area contributed by atoms with Crippen molar-refractivity contribution in [2.24, 2.45) is 0 Å². The molecule has 3 rings (SSSR count). The fraction of sp³-hybridized carbons (Fsp3) is 0.353. The number of hydrogen-bond acceptors (Lipinski definition) is 4. The summed E-state index contributed by atoms with van der Waals surface area (Å²) in [5, 5.41) is 3.24. The molecule has 1 aromatic carbocycles. The van der Waals surface area contributed by atoms with E-state index in [1.807, 2.05) is 35.2 Å². The van der Waals surface area contributed by atoms with E-state index in [-0.39, 0.29) is 11.9 Å². The summed E-state index contributed by atoms with van der Waals surface area (Å²) in [4.78, 5) is 23.1. The lowest BCUT2D eigenvalue weighted by molar-refractivity contribution is 0.0628. The molecule has 1 N–H and O–H groups in total. The number of carbonyl (C=O) groups is 1. The number of nitrogens with zero attached hydrogens (tertiary/aromatic N) is 3. The van der Waals surface area contributed by atoms with Crippen LogP contribution in [0, 0.1) is 0 Å². The van der Waals surface area contributed by atoms with Gasteiger partial charge in [0.15, 0.2) is 0 Å². The number of rotatable bonds is 4. The number of aromatic nitrogens is 2. The lowest BCUT2D eigenvalue weighted by Gasteiger charge is -2.36. The Bertz CT molecular complexity index is 647. The Kier molecular flexibility index (Phi) is 5.23. The average Bonchev–Trinajstić information content (AvgIpc) is 2.62. The van der Waals surface area contributed by atoms with Crippen molar-refractivity contribution in [2.45, 2.75) is 25.3 Å². The van der Waals surface area contributed by atoms with E-state index >= 15 is 0 Å². The third-order valence-corrected chi connectivity index (χ3v) is 4.43. The number of carbonyl (C=O) groups excluding carboxylic acids is 1. The number of nitrogens with one attached hydrogen (secondary N) is 1.